The summed E-state index contributed by atoms with van der Waals surface area (Å²) in [4.78, 5) is 30.2. The number of ether oxygens (including phenoxy) is 1. The molecule has 0 spiro atoms. The van der Waals surface area contributed by atoms with Crippen LogP contribution in [0.4, 0.5) is 0 Å². The topological polar surface area (TPSA) is 70.1 Å². The van der Waals surface area contributed by atoms with Crippen LogP contribution in [0.15, 0.2) is 54.1 Å². The molecule has 6 nitrogen and oxygen atoms in total. The van der Waals surface area contributed by atoms with Crippen molar-refractivity contribution in [3.05, 3.63) is 70.3 Å². The second kappa shape index (κ2) is 12.8. The summed E-state index contributed by atoms with van der Waals surface area (Å²) in [6.07, 6.45) is 2.68. The van der Waals surface area contributed by atoms with Gasteiger partial charge in [-0.3, -0.25) is 9.59 Å². The van der Waals surface area contributed by atoms with E-state index in [1.807, 2.05) is 24.3 Å². The van der Waals surface area contributed by atoms with E-state index < -0.39 is 17.7 Å². The minimum Gasteiger partial charge on any atom is -0.507 e. The molecule has 1 fully saturated rings. The second-order valence-corrected chi connectivity index (χ2v) is 9.09. The zero-order chi connectivity index (χ0) is 25.4. The molecule has 2 aromatic rings. The molecular formula is C28H35ClN2O4. The summed E-state index contributed by atoms with van der Waals surface area (Å²) in [5, 5.41) is 11.7. The van der Waals surface area contributed by atoms with Crippen molar-refractivity contribution in [1.82, 2.24) is 9.80 Å². The standard InChI is InChI=1S/C28H35ClN2O4/c1-4-7-18-35-23-11-8-10-21(19-23)25-24(26(32)20-12-14-22(29)15-13-20)27(33)28(34)31(25)17-9-16-30(5-2)6-3/h8,10-15,19,25,32H,4-7,9,16-18H2,1-3H3. The number of aliphatic hydroxyl groups is 1. The number of benzene rings is 2. The molecule has 0 bridgehead atoms. The second-order valence-electron chi connectivity index (χ2n) is 8.65. The predicted molar refractivity (Wildman–Crippen MR) is 140 cm³/mol. The number of hydrogen-bond acceptors (Lipinski definition) is 5. The molecule has 1 N–H and O–H groups in total. The number of hydrogen-bond donors (Lipinski definition) is 1. The van der Waals surface area contributed by atoms with Gasteiger partial charge in [-0.15, -0.1) is 0 Å². The van der Waals surface area contributed by atoms with E-state index in [0.29, 0.717) is 29.5 Å². The van der Waals surface area contributed by atoms with Crippen LogP contribution in [0.25, 0.3) is 5.76 Å². The number of aliphatic hydroxyl groups excluding tert-OH is 1. The first-order chi connectivity index (χ1) is 16.9. The van der Waals surface area contributed by atoms with Gasteiger partial charge in [0.25, 0.3) is 11.7 Å². The van der Waals surface area contributed by atoms with E-state index in [1.54, 1.807) is 29.2 Å². The highest BCUT2D eigenvalue weighted by molar-refractivity contribution is 6.46. The van der Waals surface area contributed by atoms with Gasteiger partial charge in [-0.2, -0.15) is 0 Å². The summed E-state index contributed by atoms with van der Waals surface area (Å²) in [5.74, 6) is -0.797. The Morgan fingerprint density at radius 3 is 2.43 bits per heavy atom. The molecule has 188 valence electrons. The molecule has 1 aliphatic heterocycles. The largest absolute Gasteiger partial charge is 0.507 e. The van der Waals surface area contributed by atoms with Crippen molar-refractivity contribution in [2.24, 2.45) is 0 Å². The Kier molecular flexibility index (Phi) is 9.75. The summed E-state index contributed by atoms with van der Waals surface area (Å²) in [6, 6.07) is 13.3. The molecule has 1 saturated heterocycles. The Morgan fingerprint density at radius 1 is 1.06 bits per heavy atom. The van der Waals surface area contributed by atoms with Gasteiger partial charge >= 0.3 is 0 Å². The van der Waals surface area contributed by atoms with Crippen LogP contribution in [-0.2, 0) is 9.59 Å². The summed E-state index contributed by atoms with van der Waals surface area (Å²) in [6.45, 7) is 9.97. The van der Waals surface area contributed by atoms with E-state index in [2.05, 4.69) is 25.7 Å². The van der Waals surface area contributed by atoms with Crippen molar-refractivity contribution in [3.8, 4) is 5.75 Å². The molecule has 1 atom stereocenters. The molecule has 2 aromatic carbocycles. The molecule has 0 aromatic heterocycles. The number of carbonyl (C=O) groups excluding carboxylic acids is 2. The van der Waals surface area contributed by atoms with Gasteiger partial charge in [0.05, 0.1) is 18.2 Å². The molecule has 1 unspecified atom stereocenters. The van der Waals surface area contributed by atoms with Crippen LogP contribution in [0.2, 0.25) is 5.02 Å². The number of nitrogens with zero attached hydrogens (tertiary/aromatic N) is 2. The zero-order valence-electron chi connectivity index (χ0n) is 20.8. The number of ketones is 1. The van der Waals surface area contributed by atoms with Crippen molar-refractivity contribution in [2.45, 2.75) is 46.1 Å². The maximum Gasteiger partial charge on any atom is 0.295 e. The lowest BCUT2D eigenvalue weighted by atomic mass is 9.95. The van der Waals surface area contributed by atoms with E-state index in [4.69, 9.17) is 16.3 Å². The Bertz CT molecular complexity index is 1050. The van der Waals surface area contributed by atoms with Crippen LogP contribution in [0.5, 0.6) is 5.75 Å². The van der Waals surface area contributed by atoms with Crippen molar-refractivity contribution < 1.29 is 19.4 Å². The van der Waals surface area contributed by atoms with E-state index in [-0.39, 0.29) is 11.3 Å². The van der Waals surface area contributed by atoms with Gasteiger partial charge in [0.2, 0.25) is 0 Å². The highest BCUT2D eigenvalue weighted by Crippen LogP contribution is 2.40. The summed E-state index contributed by atoms with van der Waals surface area (Å²) >= 11 is 6.01. The maximum absolute atomic E-state index is 13.2. The van der Waals surface area contributed by atoms with Crippen LogP contribution in [-0.4, -0.2) is 59.4 Å². The van der Waals surface area contributed by atoms with E-state index in [0.717, 1.165) is 44.5 Å². The van der Waals surface area contributed by atoms with Gasteiger partial charge in [-0.05, 0) is 74.4 Å². The smallest absolute Gasteiger partial charge is 0.295 e. The summed E-state index contributed by atoms with van der Waals surface area (Å²) < 4.78 is 5.88. The van der Waals surface area contributed by atoms with Gasteiger partial charge in [0.1, 0.15) is 11.5 Å². The van der Waals surface area contributed by atoms with E-state index in [1.165, 1.54) is 0 Å². The Labute approximate surface area is 213 Å². The molecular weight excluding hydrogens is 464 g/mol. The van der Waals surface area contributed by atoms with Crippen molar-refractivity contribution in [2.75, 3.05) is 32.8 Å². The molecule has 0 saturated carbocycles. The lowest BCUT2D eigenvalue weighted by Gasteiger charge is -2.27. The van der Waals surface area contributed by atoms with Gasteiger partial charge in [0.15, 0.2) is 0 Å². The highest BCUT2D eigenvalue weighted by Gasteiger charge is 2.45. The Balaban J connectivity index is 2.01. The van der Waals surface area contributed by atoms with Crippen molar-refractivity contribution in [3.63, 3.8) is 0 Å². The highest BCUT2D eigenvalue weighted by atomic mass is 35.5. The zero-order valence-corrected chi connectivity index (χ0v) is 21.6. The first-order valence-electron chi connectivity index (χ1n) is 12.4. The lowest BCUT2D eigenvalue weighted by molar-refractivity contribution is -0.140. The normalized spacial score (nSPS) is 17.4. The Morgan fingerprint density at radius 2 is 1.77 bits per heavy atom. The van der Waals surface area contributed by atoms with E-state index in [9.17, 15) is 14.7 Å². The minimum absolute atomic E-state index is 0.0888. The number of unbranched alkanes of at least 4 members (excludes halogenated alkanes) is 1. The first-order valence-corrected chi connectivity index (χ1v) is 12.8. The molecule has 35 heavy (non-hydrogen) atoms. The van der Waals surface area contributed by atoms with Gasteiger partial charge in [-0.25, -0.2) is 0 Å². The molecule has 3 rings (SSSR count). The fourth-order valence-electron chi connectivity index (χ4n) is 4.33. The van der Waals surface area contributed by atoms with Crippen molar-refractivity contribution in [1.29, 1.82) is 0 Å². The molecule has 1 aliphatic rings. The molecule has 0 aliphatic carbocycles. The summed E-state index contributed by atoms with van der Waals surface area (Å²) in [5.41, 5.74) is 1.26. The minimum atomic E-state index is -0.697. The number of rotatable bonds is 12. The number of amides is 1. The average molecular weight is 499 g/mol. The van der Waals surface area contributed by atoms with Crippen LogP contribution in [0.3, 0.4) is 0 Å². The number of Topliss-reactive ketones (excluding diaryl/α,β-unsaturated/α-hetero) is 1. The molecule has 1 heterocycles. The monoisotopic (exact) mass is 498 g/mol. The van der Waals surface area contributed by atoms with Crippen LogP contribution >= 0.6 is 11.6 Å². The summed E-state index contributed by atoms with van der Waals surface area (Å²) in [7, 11) is 0. The maximum atomic E-state index is 13.2. The molecule has 7 heteroatoms. The van der Waals surface area contributed by atoms with E-state index >= 15 is 0 Å². The third-order valence-corrected chi connectivity index (χ3v) is 6.62. The fraction of sp³-hybridized carbons (Fsp3) is 0.429. The fourth-order valence-corrected chi connectivity index (χ4v) is 4.46. The van der Waals surface area contributed by atoms with Crippen LogP contribution in [0.1, 0.15) is 57.2 Å². The predicted octanol–water partition coefficient (Wildman–Crippen LogP) is 5.67. The number of likely N-dealkylation sites (tertiary alicyclic amines) is 1. The Hall–Kier alpha value is -2.83. The third kappa shape index (κ3) is 6.44. The first kappa shape index (κ1) is 26.8. The van der Waals surface area contributed by atoms with Gasteiger partial charge in [0, 0.05) is 17.1 Å². The molecule has 0 radical (unpaired) electrons. The number of carbonyl (C=O) groups is 2. The van der Waals surface area contributed by atoms with Gasteiger partial charge < -0.3 is 19.6 Å². The van der Waals surface area contributed by atoms with Gasteiger partial charge in [-0.1, -0.05) is 50.9 Å². The number of halogens is 1. The molecule has 1 amide bonds. The average Bonchev–Trinajstić information content (AvgIpc) is 3.12. The van der Waals surface area contributed by atoms with Crippen LogP contribution in [0, 0.1) is 0 Å². The van der Waals surface area contributed by atoms with Crippen molar-refractivity contribution >= 4 is 29.1 Å². The third-order valence-electron chi connectivity index (χ3n) is 6.37. The van der Waals surface area contributed by atoms with Crippen LogP contribution < -0.4 is 4.74 Å². The lowest BCUT2D eigenvalue weighted by Crippen LogP contribution is -2.33. The quantitative estimate of drug-likeness (QED) is 0.177. The SMILES string of the molecule is CCCCOc1cccc(C2C(=C(O)c3ccc(Cl)cc3)C(=O)C(=O)N2CCCN(CC)CC)c1.